The van der Waals surface area contributed by atoms with Crippen LogP contribution in [-0.2, 0) is 4.74 Å². The smallest absolute Gasteiger partial charge is 0.317 e. The maximum atomic E-state index is 11.6. The second-order valence-corrected chi connectivity index (χ2v) is 3.73. The number of nitrogens with one attached hydrogen (secondary N) is 1. The molecule has 15 heavy (non-hydrogen) atoms. The minimum absolute atomic E-state index is 0.0304. The number of hydrogen-bond acceptors (Lipinski definition) is 3. The van der Waals surface area contributed by atoms with E-state index in [-0.39, 0.29) is 6.03 Å². The van der Waals surface area contributed by atoms with Crippen LogP contribution in [0.15, 0.2) is 0 Å². The highest BCUT2D eigenvalue weighted by atomic mass is 16.5. The summed E-state index contributed by atoms with van der Waals surface area (Å²) in [6, 6.07) is 0.0304. The lowest BCUT2D eigenvalue weighted by molar-refractivity contribution is 0.0531. The van der Waals surface area contributed by atoms with Gasteiger partial charge in [-0.25, -0.2) is 4.79 Å². The highest BCUT2D eigenvalue weighted by molar-refractivity contribution is 5.74. The average molecular weight is 215 g/mol. The number of nitrogens with zero attached hydrogens (tertiary/aromatic N) is 2. The molecule has 0 saturated carbocycles. The first-order chi connectivity index (χ1) is 7.24. The summed E-state index contributed by atoms with van der Waals surface area (Å²) in [5.74, 6) is 0. The van der Waals surface area contributed by atoms with Crippen molar-refractivity contribution in [1.82, 2.24) is 15.1 Å². The second-order valence-electron chi connectivity index (χ2n) is 3.73. The zero-order chi connectivity index (χ0) is 11.1. The van der Waals surface area contributed by atoms with Crippen LogP contribution in [-0.4, -0.2) is 68.8 Å². The molecule has 0 bridgehead atoms. The van der Waals surface area contributed by atoms with Gasteiger partial charge in [0, 0.05) is 26.2 Å². The summed E-state index contributed by atoms with van der Waals surface area (Å²) >= 11 is 0. The SMILES string of the molecule is CCN(C)CCNC(=O)N1CCOCC1. The van der Waals surface area contributed by atoms with Gasteiger partial charge in [-0.15, -0.1) is 0 Å². The van der Waals surface area contributed by atoms with Crippen LogP contribution >= 0.6 is 0 Å². The lowest BCUT2D eigenvalue weighted by Gasteiger charge is -2.27. The Morgan fingerprint density at radius 2 is 2.13 bits per heavy atom. The molecule has 1 rings (SSSR count). The van der Waals surface area contributed by atoms with Crippen LogP contribution in [0.1, 0.15) is 6.92 Å². The molecular weight excluding hydrogens is 194 g/mol. The number of carbonyl (C=O) groups is 1. The first kappa shape index (κ1) is 12.3. The molecule has 0 radical (unpaired) electrons. The van der Waals surface area contributed by atoms with Crippen molar-refractivity contribution in [2.45, 2.75) is 6.92 Å². The van der Waals surface area contributed by atoms with E-state index in [4.69, 9.17) is 4.74 Å². The second kappa shape index (κ2) is 6.63. The fourth-order valence-corrected chi connectivity index (χ4v) is 1.39. The maximum absolute atomic E-state index is 11.6. The maximum Gasteiger partial charge on any atom is 0.317 e. The molecule has 1 aliphatic rings. The number of ether oxygens (including phenoxy) is 1. The molecule has 1 N–H and O–H groups in total. The summed E-state index contributed by atoms with van der Waals surface area (Å²) in [6.45, 7) is 7.43. The Bertz CT molecular complexity index is 193. The Hall–Kier alpha value is -0.810. The molecule has 1 saturated heterocycles. The summed E-state index contributed by atoms with van der Waals surface area (Å²) in [5.41, 5.74) is 0. The van der Waals surface area contributed by atoms with Crippen molar-refractivity contribution >= 4 is 6.03 Å². The normalized spacial score (nSPS) is 16.9. The number of amides is 2. The lowest BCUT2D eigenvalue weighted by Crippen LogP contribution is -2.47. The fraction of sp³-hybridized carbons (Fsp3) is 0.900. The minimum atomic E-state index is 0.0304. The number of hydrogen-bond donors (Lipinski definition) is 1. The minimum Gasteiger partial charge on any atom is -0.378 e. The first-order valence-electron chi connectivity index (χ1n) is 5.53. The van der Waals surface area contributed by atoms with E-state index in [1.165, 1.54) is 0 Å². The number of carbonyl (C=O) groups excluding carboxylic acids is 1. The monoisotopic (exact) mass is 215 g/mol. The summed E-state index contributed by atoms with van der Waals surface area (Å²) in [4.78, 5) is 15.6. The fourth-order valence-electron chi connectivity index (χ4n) is 1.39. The number of morpholine rings is 1. The Labute approximate surface area is 91.4 Å². The Kier molecular flexibility index (Phi) is 5.42. The van der Waals surface area contributed by atoms with Crippen molar-refractivity contribution in [3.8, 4) is 0 Å². The van der Waals surface area contributed by atoms with E-state index in [1.807, 2.05) is 7.05 Å². The standard InChI is InChI=1S/C10H21N3O2/c1-3-12(2)5-4-11-10(14)13-6-8-15-9-7-13/h3-9H2,1-2H3,(H,11,14). The molecule has 0 spiro atoms. The topological polar surface area (TPSA) is 44.8 Å². The molecule has 5 heteroatoms. The third-order valence-electron chi connectivity index (χ3n) is 2.61. The number of rotatable bonds is 4. The van der Waals surface area contributed by atoms with Gasteiger partial charge in [-0.1, -0.05) is 6.92 Å². The van der Waals surface area contributed by atoms with Crippen LogP contribution < -0.4 is 5.32 Å². The van der Waals surface area contributed by atoms with Gasteiger partial charge in [0.2, 0.25) is 0 Å². The predicted molar refractivity (Wildman–Crippen MR) is 59.0 cm³/mol. The molecule has 2 amide bonds. The third kappa shape index (κ3) is 4.48. The molecule has 0 aromatic heterocycles. The van der Waals surface area contributed by atoms with Gasteiger partial charge in [0.25, 0.3) is 0 Å². The summed E-state index contributed by atoms with van der Waals surface area (Å²) < 4.78 is 5.18. The predicted octanol–water partition coefficient (Wildman–Crippen LogP) is -0.0201. The molecule has 5 nitrogen and oxygen atoms in total. The molecule has 1 aliphatic heterocycles. The van der Waals surface area contributed by atoms with Gasteiger partial charge in [-0.2, -0.15) is 0 Å². The molecule has 88 valence electrons. The molecule has 0 aliphatic carbocycles. The molecule has 0 aromatic rings. The van der Waals surface area contributed by atoms with Gasteiger partial charge >= 0.3 is 6.03 Å². The summed E-state index contributed by atoms with van der Waals surface area (Å²) in [7, 11) is 2.04. The highest BCUT2D eigenvalue weighted by Gasteiger charge is 2.15. The van der Waals surface area contributed by atoms with Crippen molar-refractivity contribution in [1.29, 1.82) is 0 Å². The molecule has 0 atom stereocenters. The van der Waals surface area contributed by atoms with Gasteiger partial charge in [-0.3, -0.25) is 0 Å². The Morgan fingerprint density at radius 3 is 2.73 bits per heavy atom. The number of likely N-dealkylation sites (N-methyl/N-ethyl adjacent to an activating group) is 1. The Balaban J connectivity index is 2.12. The van der Waals surface area contributed by atoms with Crippen LogP contribution in [0.5, 0.6) is 0 Å². The van der Waals surface area contributed by atoms with Gasteiger partial charge in [0.15, 0.2) is 0 Å². The largest absolute Gasteiger partial charge is 0.378 e. The van der Waals surface area contributed by atoms with Crippen molar-refractivity contribution < 1.29 is 9.53 Å². The van der Waals surface area contributed by atoms with E-state index in [2.05, 4.69) is 17.1 Å². The quantitative estimate of drug-likeness (QED) is 0.717. The summed E-state index contributed by atoms with van der Waals surface area (Å²) in [6.07, 6.45) is 0. The van der Waals surface area contributed by atoms with Crippen LogP contribution in [0.2, 0.25) is 0 Å². The van der Waals surface area contributed by atoms with Crippen LogP contribution in [0.3, 0.4) is 0 Å². The average Bonchev–Trinajstić information content (AvgIpc) is 2.29. The van der Waals surface area contributed by atoms with E-state index in [0.717, 1.165) is 13.1 Å². The van der Waals surface area contributed by atoms with E-state index in [9.17, 15) is 4.79 Å². The molecular formula is C10H21N3O2. The lowest BCUT2D eigenvalue weighted by atomic mass is 10.4. The van der Waals surface area contributed by atoms with Crippen LogP contribution in [0, 0.1) is 0 Å². The van der Waals surface area contributed by atoms with Crippen molar-refractivity contribution in [2.24, 2.45) is 0 Å². The van der Waals surface area contributed by atoms with Gasteiger partial charge in [0.05, 0.1) is 13.2 Å². The number of urea groups is 1. The van der Waals surface area contributed by atoms with Crippen LogP contribution in [0.25, 0.3) is 0 Å². The van der Waals surface area contributed by atoms with E-state index in [1.54, 1.807) is 4.90 Å². The van der Waals surface area contributed by atoms with Gasteiger partial charge < -0.3 is 19.9 Å². The molecule has 1 heterocycles. The van der Waals surface area contributed by atoms with Gasteiger partial charge in [-0.05, 0) is 13.6 Å². The third-order valence-corrected chi connectivity index (χ3v) is 2.61. The molecule has 1 fully saturated rings. The highest BCUT2D eigenvalue weighted by Crippen LogP contribution is 1.96. The first-order valence-corrected chi connectivity index (χ1v) is 5.53. The summed E-state index contributed by atoms with van der Waals surface area (Å²) in [5, 5.41) is 2.91. The van der Waals surface area contributed by atoms with Gasteiger partial charge in [0.1, 0.15) is 0 Å². The van der Waals surface area contributed by atoms with Crippen LogP contribution in [0.4, 0.5) is 4.79 Å². The zero-order valence-electron chi connectivity index (χ0n) is 9.66. The molecule has 0 aromatic carbocycles. The van der Waals surface area contributed by atoms with E-state index in [0.29, 0.717) is 32.8 Å². The van der Waals surface area contributed by atoms with E-state index >= 15 is 0 Å². The molecule has 0 unspecified atom stereocenters. The van der Waals surface area contributed by atoms with Crippen molar-refractivity contribution in [2.75, 3.05) is 53.0 Å². The van der Waals surface area contributed by atoms with E-state index < -0.39 is 0 Å². The van der Waals surface area contributed by atoms with Crippen molar-refractivity contribution in [3.05, 3.63) is 0 Å². The Morgan fingerprint density at radius 1 is 1.47 bits per heavy atom. The zero-order valence-corrected chi connectivity index (χ0v) is 9.66. The van der Waals surface area contributed by atoms with Crippen molar-refractivity contribution in [3.63, 3.8) is 0 Å².